The summed E-state index contributed by atoms with van der Waals surface area (Å²) < 4.78 is 3.76. The molecule has 0 saturated heterocycles. The number of para-hydroxylation sites is 1. The fourth-order valence-corrected chi connectivity index (χ4v) is 4.16. The topological polar surface area (TPSA) is 77.6 Å². The summed E-state index contributed by atoms with van der Waals surface area (Å²) in [6, 6.07) is 17.9. The molecule has 7 nitrogen and oxygen atoms in total. The second kappa shape index (κ2) is 8.77. The van der Waals surface area contributed by atoms with Crippen LogP contribution in [0.15, 0.2) is 59.8 Å². The van der Waals surface area contributed by atoms with E-state index in [4.69, 9.17) is 0 Å². The molecule has 4 aromatic rings. The van der Waals surface area contributed by atoms with E-state index in [1.165, 1.54) is 11.8 Å². The van der Waals surface area contributed by atoms with Crippen LogP contribution in [0.3, 0.4) is 0 Å². The van der Waals surface area contributed by atoms with Gasteiger partial charge in [0.15, 0.2) is 11.0 Å². The molecule has 31 heavy (non-hydrogen) atoms. The van der Waals surface area contributed by atoms with Gasteiger partial charge in [-0.3, -0.25) is 4.79 Å². The van der Waals surface area contributed by atoms with Gasteiger partial charge in [-0.25, -0.2) is 4.68 Å². The molecule has 0 spiro atoms. The van der Waals surface area contributed by atoms with Crippen molar-refractivity contribution in [3.05, 3.63) is 71.5 Å². The molecule has 0 atom stereocenters. The number of anilines is 1. The van der Waals surface area contributed by atoms with Crippen molar-refractivity contribution in [3.63, 3.8) is 0 Å². The zero-order valence-electron chi connectivity index (χ0n) is 18.0. The SMILES string of the molecule is Cc1ccccc1-c1nnc(SCC(=O)Nc2c(C)nn(-c3ccccc3)c2C)n1C. The van der Waals surface area contributed by atoms with Gasteiger partial charge < -0.3 is 9.88 Å². The number of carbonyl (C=O) groups excluding carboxylic acids is 1. The van der Waals surface area contributed by atoms with Crippen LogP contribution in [0.25, 0.3) is 17.1 Å². The van der Waals surface area contributed by atoms with E-state index in [0.717, 1.165) is 39.7 Å². The minimum atomic E-state index is -0.107. The maximum atomic E-state index is 12.7. The minimum absolute atomic E-state index is 0.107. The fraction of sp³-hybridized carbons (Fsp3) is 0.217. The summed E-state index contributed by atoms with van der Waals surface area (Å²) in [6.45, 7) is 5.89. The third-order valence-corrected chi connectivity index (χ3v) is 6.13. The first-order valence-corrected chi connectivity index (χ1v) is 10.9. The van der Waals surface area contributed by atoms with Crippen molar-refractivity contribution in [1.29, 1.82) is 0 Å². The lowest BCUT2D eigenvalue weighted by molar-refractivity contribution is -0.113. The number of nitrogens with one attached hydrogen (secondary N) is 1. The lowest BCUT2D eigenvalue weighted by Crippen LogP contribution is -2.15. The van der Waals surface area contributed by atoms with Crippen LogP contribution in [0, 0.1) is 20.8 Å². The van der Waals surface area contributed by atoms with E-state index in [0.29, 0.717) is 5.16 Å². The summed E-state index contributed by atoms with van der Waals surface area (Å²) in [7, 11) is 1.92. The Hall–Kier alpha value is -3.39. The van der Waals surface area contributed by atoms with Crippen LogP contribution < -0.4 is 5.32 Å². The number of rotatable bonds is 6. The van der Waals surface area contributed by atoms with Crippen LogP contribution in [0.4, 0.5) is 5.69 Å². The number of aromatic nitrogens is 5. The molecular formula is C23H24N6OS. The Bertz CT molecular complexity index is 1230. The van der Waals surface area contributed by atoms with Gasteiger partial charge in [0.25, 0.3) is 0 Å². The van der Waals surface area contributed by atoms with Crippen molar-refractivity contribution in [3.8, 4) is 17.1 Å². The minimum Gasteiger partial charge on any atom is -0.322 e. The predicted octanol–water partition coefficient (Wildman–Crippen LogP) is 4.32. The lowest BCUT2D eigenvalue weighted by Gasteiger charge is -2.08. The van der Waals surface area contributed by atoms with Gasteiger partial charge in [-0.1, -0.05) is 54.2 Å². The molecule has 2 aromatic heterocycles. The third-order valence-electron chi connectivity index (χ3n) is 5.11. The number of aryl methyl sites for hydroxylation is 2. The third kappa shape index (κ3) is 4.25. The van der Waals surface area contributed by atoms with Crippen LogP contribution >= 0.6 is 11.8 Å². The Morgan fingerprint density at radius 1 is 1.00 bits per heavy atom. The molecule has 1 N–H and O–H groups in total. The summed E-state index contributed by atoms with van der Waals surface area (Å²) in [4.78, 5) is 12.7. The van der Waals surface area contributed by atoms with E-state index in [2.05, 4.69) is 20.6 Å². The van der Waals surface area contributed by atoms with E-state index in [1.54, 1.807) is 0 Å². The summed E-state index contributed by atoms with van der Waals surface area (Å²) in [6.07, 6.45) is 0. The van der Waals surface area contributed by atoms with Crippen LogP contribution in [0.2, 0.25) is 0 Å². The first kappa shape index (κ1) is 20.9. The van der Waals surface area contributed by atoms with Gasteiger partial charge >= 0.3 is 0 Å². The summed E-state index contributed by atoms with van der Waals surface area (Å²) in [5, 5.41) is 16.9. The van der Waals surface area contributed by atoms with Crippen molar-refractivity contribution in [2.24, 2.45) is 7.05 Å². The molecule has 0 aliphatic carbocycles. The monoisotopic (exact) mass is 432 g/mol. The Labute approximate surface area is 185 Å². The highest BCUT2D eigenvalue weighted by Crippen LogP contribution is 2.26. The summed E-state index contributed by atoms with van der Waals surface area (Å²) >= 11 is 1.36. The highest BCUT2D eigenvalue weighted by atomic mass is 32.2. The highest BCUT2D eigenvalue weighted by molar-refractivity contribution is 7.99. The average molecular weight is 433 g/mol. The number of benzene rings is 2. The first-order chi connectivity index (χ1) is 15.0. The van der Waals surface area contributed by atoms with Gasteiger partial charge in [0, 0.05) is 12.6 Å². The molecule has 0 radical (unpaired) electrons. The highest BCUT2D eigenvalue weighted by Gasteiger charge is 2.17. The van der Waals surface area contributed by atoms with Crippen LogP contribution in [-0.2, 0) is 11.8 Å². The smallest absolute Gasteiger partial charge is 0.234 e. The second-order valence-electron chi connectivity index (χ2n) is 7.31. The van der Waals surface area contributed by atoms with E-state index in [9.17, 15) is 4.79 Å². The average Bonchev–Trinajstić information content (AvgIpc) is 3.27. The molecule has 0 bridgehead atoms. The molecule has 8 heteroatoms. The number of hydrogen-bond acceptors (Lipinski definition) is 5. The molecular weight excluding hydrogens is 408 g/mol. The Morgan fingerprint density at radius 2 is 1.71 bits per heavy atom. The molecule has 1 amide bonds. The number of thioether (sulfide) groups is 1. The van der Waals surface area contributed by atoms with Gasteiger partial charge in [-0.15, -0.1) is 10.2 Å². The van der Waals surface area contributed by atoms with Crippen molar-refractivity contribution < 1.29 is 4.79 Å². The zero-order valence-corrected chi connectivity index (χ0v) is 18.8. The summed E-state index contributed by atoms with van der Waals surface area (Å²) in [5.41, 5.74) is 5.54. The number of amides is 1. The maximum absolute atomic E-state index is 12.7. The quantitative estimate of drug-likeness (QED) is 0.459. The zero-order chi connectivity index (χ0) is 22.0. The molecule has 0 saturated carbocycles. The van der Waals surface area contributed by atoms with E-state index >= 15 is 0 Å². The van der Waals surface area contributed by atoms with E-state index in [1.807, 2.05) is 91.7 Å². The Morgan fingerprint density at radius 3 is 2.45 bits per heavy atom. The van der Waals surface area contributed by atoms with Gasteiger partial charge in [0.2, 0.25) is 5.91 Å². The molecule has 0 fully saturated rings. The molecule has 0 aliphatic rings. The van der Waals surface area contributed by atoms with Crippen molar-refractivity contribution >= 4 is 23.4 Å². The molecule has 0 aliphatic heterocycles. The largest absolute Gasteiger partial charge is 0.322 e. The van der Waals surface area contributed by atoms with Gasteiger partial charge in [0.1, 0.15) is 0 Å². The van der Waals surface area contributed by atoms with Crippen LogP contribution in [-0.4, -0.2) is 36.2 Å². The van der Waals surface area contributed by atoms with Gasteiger partial charge in [-0.2, -0.15) is 5.10 Å². The Kier molecular flexibility index (Phi) is 5.90. The van der Waals surface area contributed by atoms with E-state index < -0.39 is 0 Å². The van der Waals surface area contributed by atoms with Gasteiger partial charge in [0.05, 0.1) is 28.5 Å². The first-order valence-electron chi connectivity index (χ1n) is 9.95. The number of nitrogens with zero attached hydrogens (tertiary/aromatic N) is 5. The van der Waals surface area contributed by atoms with E-state index in [-0.39, 0.29) is 11.7 Å². The predicted molar refractivity (Wildman–Crippen MR) is 124 cm³/mol. The molecule has 2 aromatic carbocycles. The van der Waals surface area contributed by atoms with Crippen LogP contribution in [0.1, 0.15) is 17.0 Å². The molecule has 4 rings (SSSR count). The van der Waals surface area contributed by atoms with Crippen molar-refractivity contribution in [1.82, 2.24) is 24.5 Å². The van der Waals surface area contributed by atoms with Gasteiger partial charge in [-0.05, 0) is 38.5 Å². The molecule has 2 heterocycles. The fourth-order valence-electron chi connectivity index (χ4n) is 3.45. The van der Waals surface area contributed by atoms with Crippen molar-refractivity contribution in [2.45, 2.75) is 25.9 Å². The maximum Gasteiger partial charge on any atom is 0.234 e. The molecule has 158 valence electrons. The lowest BCUT2D eigenvalue weighted by atomic mass is 10.1. The Balaban J connectivity index is 1.45. The molecule has 0 unspecified atom stereocenters. The number of carbonyl (C=O) groups is 1. The summed E-state index contributed by atoms with van der Waals surface area (Å²) in [5.74, 6) is 0.913. The normalized spacial score (nSPS) is 11.0. The second-order valence-corrected chi connectivity index (χ2v) is 8.25. The standard InChI is InChI=1S/C23H24N6OS/c1-15-10-8-9-13-19(15)22-25-26-23(28(22)4)31-14-20(30)24-21-16(2)27-29(17(21)3)18-11-6-5-7-12-18/h5-13H,14H2,1-4H3,(H,24,30). The number of hydrogen-bond donors (Lipinski definition) is 1. The van der Waals surface area contributed by atoms with Crippen molar-refractivity contribution in [2.75, 3.05) is 11.1 Å². The van der Waals surface area contributed by atoms with Crippen LogP contribution in [0.5, 0.6) is 0 Å².